The largest absolute Gasteiger partial charge is 0.389 e. The molecule has 1 aliphatic heterocycles. The Morgan fingerprint density at radius 1 is 1.28 bits per heavy atom. The molecule has 0 unspecified atom stereocenters. The zero-order chi connectivity index (χ0) is 21.2. The van der Waals surface area contributed by atoms with Crippen molar-refractivity contribution in [1.29, 1.82) is 0 Å². The zero-order valence-corrected chi connectivity index (χ0v) is 18.5. The Morgan fingerprint density at radius 2 is 2.00 bits per heavy atom. The quantitative estimate of drug-likeness (QED) is 0.551. The van der Waals surface area contributed by atoms with Gasteiger partial charge in [0.2, 0.25) is 0 Å². The van der Waals surface area contributed by atoms with Crippen LogP contribution in [-0.4, -0.2) is 34.5 Å². The lowest BCUT2D eigenvalue weighted by Gasteiger charge is -2.45. The summed E-state index contributed by atoms with van der Waals surface area (Å²) < 4.78 is 6.79. The molecule has 4 aliphatic rings. The third-order valence-electron chi connectivity index (χ3n) is 8.68. The highest BCUT2D eigenvalue weighted by atomic mass is 16.5. The van der Waals surface area contributed by atoms with Gasteiger partial charge in [-0.2, -0.15) is 0 Å². The van der Waals surface area contributed by atoms with Crippen molar-refractivity contribution in [2.45, 2.75) is 90.4 Å². The first-order chi connectivity index (χ1) is 13.5. The molecule has 0 bridgehead atoms. The van der Waals surface area contributed by atoms with Crippen LogP contribution in [0.1, 0.15) is 73.1 Å². The lowest BCUT2D eigenvalue weighted by molar-refractivity contribution is -0.122. The molecule has 0 radical (unpaired) electrons. The Labute approximate surface area is 174 Å². The number of carbonyl (C=O) groups excluding carboxylic acids is 2. The van der Waals surface area contributed by atoms with Gasteiger partial charge in [-0.1, -0.05) is 31.6 Å². The molecule has 2 saturated carbocycles. The fourth-order valence-electron chi connectivity index (χ4n) is 7.28. The molecular weight excluding hydrogens is 364 g/mol. The van der Waals surface area contributed by atoms with Crippen LogP contribution in [-0.2, 0) is 14.3 Å². The van der Waals surface area contributed by atoms with E-state index in [9.17, 15) is 14.7 Å². The van der Waals surface area contributed by atoms with Crippen molar-refractivity contribution in [3.63, 3.8) is 0 Å². The van der Waals surface area contributed by atoms with E-state index >= 15 is 0 Å². The second kappa shape index (κ2) is 6.88. The van der Waals surface area contributed by atoms with Crippen LogP contribution >= 0.6 is 0 Å². The maximum Gasteiger partial charge on any atom is 0.146 e. The summed E-state index contributed by atoms with van der Waals surface area (Å²) in [5.74, 6) is 0.117. The van der Waals surface area contributed by atoms with Gasteiger partial charge < -0.3 is 9.84 Å². The molecule has 4 nitrogen and oxygen atoms in total. The van der Waals surface area contributed by atoms with Crippen LogP contribution in [0, 0.1) is 29.1 Å². The van der Waals surface area contributed by atoms with Crippen LogP contribution in [0.15, 0.2) is 23.3 Å². The molecule has 160 valence electrons. The second-order valence-corrected chi connectivity index (χ2v) is 11.0. The van der Waals surface area contributed by atoms with E-state index in [4.69, 9.17) is 4.74 Å². The van der Waals surface area contributed by atoms with Gasteiger partial charge in [0.05, 0.1) is 23.2 Å². The van der Waals surface area contributed by atoms with Crippen molar-refractivity contribution >= 4 is 12.1 Å². The van der Waals surface area contributed by atoms with E-state index in [0.717, 1.165) is 38.4 Å². The number of hydrogen-bond donors (Lipinski definition) is 1. The van der Waals surface area contributed by atoms with E-state index in [1.165, 1.54) is 5.57 Å². The maximum absolute atomic E-state index is 12.7. The van der Waals surface area contributed by atoms with Gasteiger partial charge in [-0.15, -0.1) is 0 Å². The Hall–Kier alpha value is -1.26. The number of ketones is 1. The average molecular weight is 401 g/mol. The monoisotopic (exact) mass is 400 g/mol. The standard InChI is InChI=1S/C25H36O4/c1-15(2)10-18-11-16(3)25(29-18)9-8-23(4)12-19-22(20(27)13-24(19,5)28)17(14-26)6-7-21(23)25/h6,10,14,16,18-19,21-22,28H,7-9,11-13H2,1-5H3/t16-,18+,19-,21+,22-,23+,24+,25+/m1/s1. The van der Waals surface area contributed by atoms with Crippen molar-refractivity contribution in [2.75, 3.05) is 0 Å². The first-order valence-electron chi connectivity index (χ1n) is 11.3. The Bertz CT molecular complexity index is 774. The molecule has 1 saturated heterocycles. The summed E-state index contributed by atoms with van der Waals surface area (Å²) in [5, 5.41) is 11.1. The summed E-state index contributed by atoms with van der Waals surface area (Å²) in [6.45, 7) is 10.7. The Morgan fingerprint density at radius 3 is 2.66 bits per heavy atom. The molecular formula is C25H36O4. The van der Waals surface area contributed by atoms with Crippen molar-refractivity contribution in [1.82, 2.24) is 0 Å². The normalized spacial score (nSPS) is 49.2. The molecule has 3 aliphatic carbocycles. The minimum atomic E-state index is -1.04. The van der Waals surface area contributed by atoms with Gasteiger partial charge in [-0.25, -0.2) is 0 Å². The molecule has 8 atom stereocenters. The van der Waals surface area contributed by atoms with Crippen molar-refractivity contribution < 1.29 is 19.4 Å². The van der Waals surface area contributed by atoms with E-state index in [-0.39, 0.29) is 35.2 Å². The van der Waals surface area contributed by atoms with Crippen molar-refractivity contribution in [3.8, 4) is 0 Å². The lowest BCUT2D eigenvalue weighted by atomic mass is 9.62. The van der Waals surface area contributed by atoms with Crippen molar-refractivity contribution in [3.05, 3.63) is 23.3 Å². The summed E-state index contributed by atoms with van der Waals surface area (Å²) in [6, 6.07) is 0. The summed E-state index contributed by atoms with van der Waals surface area (Å²) >= 11 is 0. The summed E-state index contributed by atoms with van der Waals surface area (Å²) in [6.07, 6.45) is 10.0. The molecule has 1 heterocycles. The van der Waals surface area contributed by atoms with E-state index in [1.54, 1.807) is 6.92 Å². The smallest absolute Gasteiger partial charge is 0.146 e. The lowest BCUT2D eigenvalue weighted by Crippen LogP contribution is -2.46. The zero-order valence-electron chi connectivity index (χ0n) is 18.5. The highest BCUT2D eigenvalue weighted by molar-refractivity contribution is 5.94. The topological polar surface area (TPSA) is 63.6 Å². The number of allylic oxidation sites excluding steroid dienone is 3. The minimum absolute atomic E-state index is 0.00341. The fraction of sp³-hybridized carbons (Fsp3) is 0.760. The summed E-state index contributed by atoms with van der Waals surface area (Å²) in [7, 11) is 0. The van der Waals surface area contributed by atoms with Crippen LogP contribution in [0.25, 0.3) is 0 Å². The molecule has 0 aromatic rings. The Balaban J connectivity index is 1.74. The van der Waals surface area contributed by atoms with Crippen LogP contribution in [0.3, 0.4) is 0 Å². The Kier molecular flexibility index (Phi) is 4.98. The second-order valence-electron chi connectivity index (χ2n) is 11.0. The highest BCUT2D eigenvalue weighted by Gasteiger charge is 2.63. The predicted molar refractivity (Wildman–Crippen MR) is 112 cm³/mol. The molecule has 3 fully saturated rings. The van der Waals surface area contributed by atoms with Crippen LogP contribution in [0.5, 0.6) is 0 Å². The number of aldehydes is 1. The fourth-order valence-corrected chi connectivity index (χ4v) is 7.28. The van der Waals surface area contributed by atoms with Gasteiger partial charge >= 0.3 is 0 Å². The maximum atomic E-state index is 12.7. The van der Waals surface area contributed by atoms with E-state index < -0.39 is 11.5 Å². The van der Waals surface area contributed by atoms with Gasteiger partial charge in [-0.3, -0.25) is 9.59 Å². The van der Waals surface area contributed by atoms with Crippen LogP contribution < -0.4 is 0 Å². The number of rotatable bonds is 2. The summed E-state index contributed by atoms with van der Waals surface area (Å²) in [5.41, 5.74) is 0.628. The third-order valence-corrected chi connectivity index (χ3v) is 8.68. The van der Waals surface area contributed by atoms with Crippen molar-refractivity contribution in [2.24, 2.45) is 29.1 Å². The first-order valence-corrected chi connectivity index (χ1v) is 11.3. The summed E-state index contributed by atoms with van der Waals surface area (Å²) in [4.78, 5) is 24.6. The van der Waals surface area contributed by atoms with Crippen LogP contribution in [0.4, 0.5) is 0 Å². The highest BCUT2D eigenvalue weighted by Crippen LogP contribution is 2.64. The van der Waals surface area contributed by atoms with Crippen LogP contribution in [0.2, 0.25) is 0 Å². The molecule has 1 N–H and O–H groups in total. The van der Waals surface area contributed by atoms with E-state index in [2.05, 4.69) is 33.8 Å². The number of aliphatic hydroxyl groups is 1. The van der Waals surface area contributed by atoms with Gasteiger partial charge in [0.25, 0.3) is 0 Å². The predicted octanol–water partition coefficient (Wildman–Crippen LogP) is 4.41. The van der Waals surface area contributed by atoms with E-state index in [0.29, 0.717) is 17.4 Å². The van der Waals surface area contributed by atoms with Gasteiger partial charge in [-0.05, 0) is 75.7 Å². The molecule has 0 amide bonds. The average Bonchev–Trinajstić information content (AvgIpc) is 3.12. The molecule has 29 heavy (non-hydrogen) atoms. The molecule has 4 heteroatoms. The minimum Gasteiger partial charge on any atom is -0.389 e. The number of fused-ring (bicyclic) bond motifs is 3. The van der Waals surface area contributed by atoms with Gasteiger partial charge in [0.1, 0.15) is 12.1 Å². The first kappa shape index (κ1) is 21.0. The van der Waals surface area contributed by atoms with E-state index in [1.807, 2.05) is 6.08 Å². The SMILES string of the molecule is CC(C)=C[C@H]1C[C@@H](C)[C@]2(CC[C@@]3(C)C[C@@H]4[C@H](C(=O)C[C@]4(C)O)C(C=O)=CC[C@@H]32)O1. The molecule has 4 rings (SSSR count). The number of hydrogen-bond acceptors (Lipinski definition) is 4. The molecule has 1 spiro atoms. The molecule has 0 aromatic carbocycles. The van der Waals surface area contributed by atoms with Gasteiger partial charge in [0, 0.05) is 12.3 Å². The van der Waals surface area contributed by atoms with Gasteiger partial charge in [0.15, 0.2) is 0 Å². The third kappa shape index (κ3) is 3.18. The number of carbonyl (C=O) groups is 2. The number of ether oxygens (including phenoxy) is 1. The number of Topliss-reactive ketones (excluding diaryl/α,β-unsaturated/α-hetero) is 1. The molecule has 0 aromatic heterocycles.